The van der Waals surface area contributed by atoms with Crippen molar-refractivity contribution in [3.8, 4) is 33.4 Å². The van der Waals surface area contributed by atoms with Gasteiger partial charge in [0.25, 0.3) is 0 Å². The van der Waals surface area contributed by atoms with E-state index in [-0.39, 0.29) is 0 Å². The molecule has 1 fully saturated rings. The average molecular weight is 441 g/mol. The summed E-state index contributed by atoms with van der Waals surface area (Å²) in [5.41, 5.74) is 14.0. The Morgan fingerprint density at radius 2 is 1.06 bits per heavy atom. The van der Waals surface area contributed by atoms with Gasteiger partial charge in [-0.05, 0) is 101 Å². The van der Waals surface area contributed by atoms with Crippen LogP contribution in [0.4, 0.5) is 0 Å². The van der Waals surface area contributed by atoms with E-state index in [9.17, 15) is 0 Å². The monoisotopic (exact) mass is 440 g/mol. The van der Waals surface area contributed by atoms with Gasteiger partial charge in [-0.25, -0.2) is 0 Å². The van der Waals surface area contributed by atoms with Gasteiger partial charge < -0.3 is 0 Å². The summed E-state index contributed by atoms with van der Waals surface area (Å²) in [6.45, 7) is 10.9. The third-order valence-electron chi connectivity index (χ3n) is 7.05. The maximum Gasteiger partial charge on any atom is -0.0149 e. The first-order chi connectivity index (χ1) is 16.5. The molecule has 0 amide bonds. The fraction of sp³-hybridized carbons (Fsp3) is 0.176. The maximum absolute atomic E-state index is 4.41. The average Bonchev–Trinajstić information content (AvgIpc) is 3.72. The summed E-state index contributed by atoms with van der Waals surface area (Å²) in [6.07, 6.45) is 4.79. The van der Waals surface area contributed by atoms with Gasteiger partial charge in [-0.3, -0.25) is 0 Å². The summed E-state index contributed by atoms with van der Waals surface area (Å²) in [7, 11) is 0. The first-order valence-electron chi connectivity index (χ1n) is 12.3. The Morgan fingerprint density at radius 3 is 1.50 bits per heavy atom. The number of rotatable bonds is 6. The first kappa shape index (κ1) is 22.2. The van der Waals surface area contributed by atoms with Crippen LogP contribution in [0.1, 0.15) is 36.5 Å². The zero-order chi connectivity index (χ0) is 23.7. The van der Waals surface area contributed by atoms with Crippen LogP contribution in [-0.4, -0.2) is 0 Å². The fourth-order valence-electron chi connectivity index (χ4n) is 4.71. The maximum atomic E-state index is 4.41. The molecule has 0 atom stereocenters. The molecule has 0 N–H and O–H groups in total. The first-order valence-corrected chi connectivity index (χ1v) is 12.3. The highest BCUT2D eigenvalue weighted by Crippen LogP contribution is 2.43. The van der Waals surface area contributed by atoms with Crippen LogP contribution in [0.2, 0.25) is 0 Å². The third kappa shape index (κ3) is 4.54. The topological polar surface area (TPSA) is 0 Å². The zero-order valence-corrected chi connectivity index (χ0v) is 20.4. The molecule has 0 heteroatoms. The SMILES string of the molecule is C=C(/C(=C\C)c1cc(-c2ccc(-c3ccc(-c4ccc(C)cc4)cc3)cc2)ccc1C)C1CC1. The quantitative estimate of drug-likeness (QED) is 0.262. The molecule has 5 rings (SSSR count). The molecule has 0 radical (unpaired) electrons. The molecule has 0 unspecified atom stereocenters. The molecule has 0 heterocycles. The molecule has 34 heavy (non-hydrogen) atoms. The second kappa shape index (κ2) is 9.31. The molecular formula is C34H32. The van der Waals surface area contributed by atoms with Crippen molar-refractivity contribution in [1.29, 1.82) is 0 Å². The summed E-state index contributed by atoms with van der Waals surface area (Å²) < 4.78 is 0. The second-order valence-electron chi connectivity index (χ2n) is 9.55. The van der Waals surface area contributed by atoms with Gasteiger partial charge in [0.05, 0.1) is 0 Å². The van der Waals surface area contributed by atoms with Crippen LogP contribution in [0.25, 0.3) is 39.0 Å². The molecule has 4 aromatic carbocycles. The molecule has 168 valence electrons. The fourth-order valence-corrected chi connectivity index (χ4v) is 4.71. The smallest absolute Gasteiger partial charge is 0.0149 e. The summed E-state index contributed by atoms with van der Waals surface area (Å²) in [5.74, 6) is 0.672. The highest BCUT2D eigenvalue weighted by atomic mass is 14.3. The lowest BCUT2D eigenvalue weighted by molar-refractivity contribution is 1.06. The van der Waals surface area contributed by atoms with Crippen LogP contribution in [0.3, 0.4) is 0 Å². The van der Waals surface area contributed by atoms with E-state index < -0.39 is 0 Å². The van der Waals surface area contributed by atoms with Crippen LogP contribution >= 0.6 is 0 Å². The highest BCUT2D eigenvalue weighted by molar-refractivity contribution is 5.84. The minimum atomic E-state index is 0.672. The van der Waals surface area contributed by atoms with Crippen molar-refractivity contribution in [3.63, 3.8) is 0 Å². The van der Waals surface area contributed by atoms with Gasteiger partial charge in [0, 0.05) is 0 Å². The van der Waals surface area contributed by atoms with E-state index in [4.69, 9.17) is 0 Å². The standard InChI is InChI=1S/C34H32/c1-5-33(25(4)26-12-13-26)34-22-32(11-8-24(34)3)31-20-18-30(19-21-31)29-16-14-28(15-17-29)27-9-6-23(2)7-10-27/h5-11,14-22,26H,4,12-13H2,1-3H3/b33-5+. The van der Waals surface area contributed by atoms with E-state index >= 15 is 0 Å². The van der Waals surface area contributed by atoms with Crippen molar-refractivity contribution in [1.82, 2.24) is 0 Å². The normalized spacial score (nSPS) is 13.7. The van der Waals surface area contributed by atoms with Gasteiger partial charge in [-0.1, -0.05) is 103 Å². The van der Waals surface area contributed by atoms with Crippen molar-refractivity contribution in [2.45, 2.75) is 33.6 Å². The Kier molecular flexibility index (Phi) is 6.07. The van der Waals surface area contributed by atoms with Crippen LogP contribution < -0.4 is 0 Å². The van der Waals surface area contributed by atoms with Gasteiger partial charge in [0.2, 0.25) is 0 Å². The van der Waals surface area contributed by atoms with Gasteiger partial charge >= 0.3 is 0 Å². The number of allylic oxidation sites excluding steroid dienone is 3. The molecule has 0 aliphatic heterocycles. The summed E-state index contributed by atoms with van der Waals surface area (Å²) in [6, 6.07) is 33.3. The Morgan fingerprint density at radius 1 is 0.647 bits per heavy atom. The molecule has 1 aliphatic rings. The molecule has 0 aromatic heterocycles. The minimum absolute atomic E-state index is 0.672. The van der Waals surface area contributed by atoms with Crippen molar-refractivity contribution in [2.75, 3.05) is 0 Å². The minimum Gasteiger partial charge on any atom is -0.0949 e. The molecule has 0 spiro atoms. The lowest BCUT2D eigenvalue weighted by Crippen LogP contribution is -1.95. The number of hydrogen-bond donors (Lipinski definition) is 0. The van der Waals surface area contributed by atoms with Crippen LogP contribution in [0, 0.1) is 19.8 Å². The molecule has 0 saturated heterocycles. The van der Waals surface area contributed by atoms with Crippen molar-refractivity contribution in [2.24, 2.45) is 5.92 Å². The van der Waals surface area contributed by atoms with Gasteiger partial charge in [-0.2, -0.15) is 0 Å². The molecule has 0 nitrogen and oxygen atoms in total. The van der Waals surface area contributed by atoms with E-state index in [1.165, 1.54) is 74.1 Å². The predicted molar refractivity (Wildman–Crippen MR) is 148 cm³/mol. The predicted octanol–water partition coefficient (Wildman–Crippen LogP) is 9.67. The van der Waals surface area contributed by atoms with Crippen LogP contribution in [0.15, 0.2) is 109 Å². The van der Waals surface area contributed by atoms with E-state index in [0.29, 0.717) is 5.92 Å². The summed E-state index contributed by atoms with van der Waals surface area (Å²) in [5, 5.41) is 0. The third-order valence-corrected chi connectivity index (χ3v) is 7.05. The Balaban J connectivity index is 1.39. The van der Waals surface area contributed by atoms with Crippen molar-refractivity contribution in [3.05, 3.63) is 126 Å². The van der Waals surface area contributed by atoms with E-state index in [2.05, 4.69) is 124 Å². The Bertz CT molecular complexity index is 1340. The zero-order valence-electron chi connectivity index (χ0n) is 20.4. The largest absolute Gasteiger partial charge is 0.0949 e. The highest BCUT2D eigenvalue weighted by Gasteiger charge is 2.27. The lowest BCUT2D eigenvalue weighted by Gasteiger charge is -2.15. The molecule has 0 bridgehead atoms. The second-order valence-corrected chi connectivity index (χ2v) is 9.55. The molecule has 1 saturated carbocycles. The molecule has 4 aromatic rings. The van der Waals surface area contributed by atoms with Gasteiger partial charge in [-0.15, -0.1) is 0 Å². The Hall–Kier alpha value is -3.64. The summed E-state index contributed by atoms with van der Waals surface area (Å²) >= 11 is 0. The number of hydrogen-bond acceptors (Lipinski definition) is 0. The van der Waals surface area contributed by atoms with Crippen molar-refractivity contribution >= 4 is 5.57 Å². The van der Waals surface area contributed by atoms with E-state index in [1.807, 2.05) is 0 Å². The lowest BCUT2D eigenvalue weighted by atomic mass is 9.89. The number of aryl methyl sites for hydroxylation is 2. The van der Waals surface area contributed by atoms with Gasteiger partial charge in [0.15, 0.2) is 0 Å². The van der Waals surface area contributed by atoms with Crippen LogP contribution in [0.5, 0.6) is 0 Å². The van der Waals surface area contributed by atoms with Gasteiger partial charge in [0.1, 0.15) is 0 Å². The van der Waals surface area contributed by atoms with Crippen LogP contribution in [-0.2, 0) is 0 Å². The molecule has 1 aliphatic carbocycles. The van der Waals surface area contributed by atoms with Crippen molar-refractivity contribution < 1.29 is 0 Å². The van der Waals surface area contributed by atoms with E-state index in [1.54, 1.807) is 0 Å². The Labute approximate surface area is 204 Å². The number of benzene rings is 4. The van der Waals surface area contributed by atoms with E-state index in [0.717, 1.165) is 0 Å². The summed E-state index contributed by atoms with van der Waals surface area (Å²) in [4.78, 5) is 0. The molecular weight excluding hydrogens is 408 g/mol.